The van der Waals surface area contributed by atoms with Crippen LogP contribution >= 0.6 is 0 Å². The van der Waals surface area contributed by atoms with Gasteiger partial charge in [0.05, 0.1) is 12.8 Å². The summed E-state index contributed by atoms with van der Waals surface area (Å²) in [5.74, 6) is 0.911. The van der Waals surface area contributed by atoms with Crippen LogP contribution in [0, 0.1) is 13.8 Å². The molecule has 0 spiro atoms. The Hall–Kier alpha value is -1.13. The second kappa shape index (κ2) is 6.45. The molecule has 4 heteroatoms. The normalized spacial score (nSPS) is 10.5. The third-order valence-corrected chi connectivity index (χ3v) is 2.55. The lowest BCUT2D eigenvalue weighted by molar-refractivity contribution is 0.286. The highest BCUT2D eigenvalue weighted by atomic mass is 16.5. The fourth-order valence-corrected chi connectivity index (χ4v) is 1.66. The molecule has 2 N–H and O–H groups in total. The molecular weight excluding hydrogens is 204 g/mol. The Morgan fingerprint density at radius 3 is 2.81 bits per heavy atom. The van der Waals surface area contributed by atoms with E-state index in [1.54, 1.807) is 7.11 Å². The molecule has 0 aliphatic rings. The van der Waals surface area contributed by atoms with Gasteiger partial charge in [-0.1, -0.05) is 0 Å². The standard InChI is InChI=1S/C12H20N2O2/c1-9-7-14-11(8-13-5-4-6-15)10(2)12(9)16-3/h7,13,15H,4-6,8H2,1-3H3. The van der Waals surface area contributed by atoms with E-state index in [1.807, 2.05) is 20.0 Å². The van der Waals surface area contributed by atoms with Crippen LogP contribution in [-0.4, -0.2) is 30.4 Å². The van der Waals surface area contributed by atoms with Gasteiger partial charge in [-0.05, 0) is 26.8 Å². The minimum absolute atomic E-state index is 0.219. The van der Waals surface area contributed by atoms with E-state index in [0.29, 0.717) is 6.54 Å². The zero-order chi connectivity index (χ0) is 12.0. The Morgan fingerprint density at radius 1 is 1.44 bits per heavy atom. The van der Waals surface area contributed by atoms with Crippen LogP contribution in [0.2, 0.25) is 0 Å². The number of aliphatic hydroxyl groups is 1. The van der Waals surface area contributed by atoms with Gasteiger partial charge in [0.25, 0.3) is 0 Å². The van der Waals surface area contributed by atoms with E-state index in [-0.39, 0.29) is 6.61 Å². The molecule has 4 nitrogen and oxygen atoms in total. The highest BCUT2D eigenvalue weighted by Crippen LogP contribution is 2.23. The number of hydrogen-bond donors (Lipinski definition) is 2. The Bertz CT molecular complexity index is 340. The molecule has 0 saturated heterocycles. The molecule has 16 heavy (non-hydrogen) atoms. The number of aryl methyl sites for hydroxylation is 1. The molecule has 0 fully saturated rings. The van der Waals surface area contributed by atoms with Gasteiger partial charge in [0.15, 0.2) is 0 Å². The first-order valence-corrected chi connectivity index (χ1v) is 5.51. The Balaban J connectivity index is 2.66. The fourth-order valence-electron chi connectivity index (χ4n) is 1.66. The fraction of sp³-hybridized carbons (Fsp3) is 0.583. The number of aliphatic hydroxyl groups excluding tert-OH is 1. The largest absolute Gasteiger partial charge is 0.496 e. The van der Waals surface area contributed by atoms with Gasteiger partial charge in [-0.25, -0.2) is 0 Å². The van der Waals surface area contributed by atoms with Crippen LogP contribution in [0.15, 0.2) is 6.20 Å². The summed E-state index contributed by atoms with van der Waals surface area (Å²) in [4.78, 5) is 4.38. The minimum atomic E-state index is 0.219. The molecule has 0 bridgehead atoms. The van der Waals surface area contributed by atoms with Gasteiger partial charge >= 0.3 is 0 Å². The molecule has 0 atom stereocenters. The molecule has 1 aromatic rings. The molecule has 0 amide bonds. The first kappa shape index (κ1) is 12.9. The number of aromatic nitrogens is 1. The molecule has 0 aromatic carbocycles. The van der Waals surface area contributed by atoms with E-state index in [9.17, 15) is 0 Å². The smallest absolute Gasteiger partial charge is 0.128 e. The predicted octanol–water partition coefficient (Wildman–Crippen LogP) is 1.18. The molecular formula is C12H20N2O2. The molecule has 0 unspecified atom stereocenters. The van der Waals surface area contributed by atoms with Crippen molar-refractivity contribution in [3.05, 3.63) is 23.0 Å². The van der Waals surface area contributed by atoms with Crippen LogP contribution in [-0.2, 0) is 6.54 Å². The zero-order valence-electron chi connectivity index (χ0n) is 10.2. The first-order valence-electron chi connectivity index (χ1n) is 5.51. The quantitative estimate of drug-likeness (QED) is 0.712. The number of ether oxygens (including phenoxy) is 1. The van der Waals surface area contributed by atoms with Crippen molar-refractivity contribution in [3.63, 3.8) is 0 Å². The van der Waals surface area contributed by atoms with Crippen LogP contribution in [0.25, 0.3) is 0 Å². The number of hydrogen-bond acceptors (Lipinski definition) is 4. The summed E-state index contributed by atoms with van der Waals surface area (Å²) >= 11 is 0. The Kier molecular flexibility index (Phi) is 5.22. The minimum Gasteiger partial charge on any atom is -0.496 e. The Labute approximate surface area is 96.7 Å². The van der Waals surface area contributed by atoms with Gasteiger partial charge < -0.3 is 15.2 Å². The molecule has 0 aliphatic carbocycles. The van der Waals surface area contributed by atoms with Crippen molar-refractivity contribution in [2.75, 3.05) is 20.3 Å². The van der Waals surface area contributed by atoms with Crippen molar-refractivity contribution in [2.45, 2.75) is 26.8 Å². The third kappa shape index (κ3) is 3.18. The summed E-state index contributed by atoms with van der Waals surface area (Å²) in [6.45, 7) is 5.73. The van der Waals surface area contributed by atoms with Crippen molar-refractivity contribution in [1.29, 1.82) is 0 Å². The van der Waals surface area contributed by atoms with Crippen LogP contribution in [0.4, 0.5) is 0 Å². The average molecular weight is 224 g/mol. The van der Waals surface area contributed by atoms with Gasteiger partial charge in [-0.3, -0.25) is 4.98 Å². The molecule has 90 valence electrons. The number of nitrogens with zero attached hydrogens (tertiary/aromatic N) is 1. The summed E-state index contributed by atoms with van der Waals surface area (Å²) in [5.41, 5.74) is 3.14. The van der Waals surface area contributed by atoms with Crippen molar-refractivity contribution in [3.8, 4) is 5.75 Å². The van der Waals surface area contributed by atoms with Crippen molar-refractivity contribution >= 4 is 0 Å². The molecule has 0 radical (unpaired) electrons. The van der Waals surface area contributed by atoms with Crippen LogP contribution in [0.1, 0.15) is 23.2 Å². The van der Waals surface area contributed by atoms with Crippen molar-refractivity contribution in [2.24, 2.45) is 0 Å². The van der Waals surface area contributed by atoms with E-state index >= 15 is 0 Å². The predicted molar refractivity (Wildman–Crippen MR) is 63.7 cm³/mol. The van der Waals surface area contributed by atoms with E-state index in [4.69, 9.17) is 9.84 Å². The third-order valence-electron chi connectivity index (χ3n) is 2.55. The summed E-state index contributed by atoms with van der Waals surface area (Å²) in [6.07, 6.45) is 2.59. The molecule has 1 rings (SSSR count). The summed E-state index contributed by atoms with van der Waals surface area (Å²) in [7, 11) is 1.68. The Morgan fingerprint density at radius 2 is 2.19 bits per heavy atom. The number of methoxy groups -OCH3 is 1. The van der Waals surface area contributed by atoms with E-state index in [0.717, 1.165) is 35.5 Å². The SMILES string of the molecule is COc1c(C)cnc(CNCCCO)c1C. The van der Waals surface area contributed by atoms with E-state index < -0.39 is 0 Å². The van der Waals surface area contributed by atoms with Gasteiger partial charge in [0, 0.05) is 30.5 Å². The first-order chi connectivity index (χ1) is 7.70. The lowest BCUT2D eigenvalue weighted by Gasteiger charge is -2.12. The maximum atomic E-state index is 8.66. The average Bonchev–Trinajstić information content (AvgIpc) is 2.28. The molecule has 1 aromatic heterocycles. The van der Waals surface area contributed by atoms with Crippen LogP contribution < -0.4 is 10.1 Å². The van der Waals surface area contributed by atoms with Crippen molar-refractivity contribution < 1.29 is 9.84 Å². The zero-order valence-corrected chi connectivity index (χ0v) is 10.2. The van der Waals surface area contributed by atoms with E-state index in [2.05, 4.69) is 10.3 Å². The summed E-state index contributed by atoms with van der Waals surface area (Å²) < 4.78 is 5.34. The maximum Gasteiger partial charge on any atom is 0.128 e. The molecule has 0 saturated carbocycles. The molecule has 0 aliphatic heterocycles. The summed E-state index contributed by atoms with van der Waals surface area (Å²) in [6, 6.07) is 0. The van der Waals surface area contributed by atoms with Crippen LogP contribution in [0.3, 0.4) is 0 Å². The van der Waals surface area contributed by atoms with Gasteiger partial charge in [-0.2, -0.15) is 0 Å². The maximum absolute atomic E-state index is 8.66. The number of pyridine rings is 1. The molecule has 1 heterocycles. The van der Waals surface area contributed by atoms with Gasteiger partial charge in [0.1, 0.15) is 5.75 Å². The number of nitrogens with one attached hydrogen (secondary N) is 1. The second-order valence-electron chi connectivity index (χ2n) is 3.80. The van der Waals surface area contributed by atoms with Crippen LogP contribution in [0.5, 0.6) is 5.75 Å². The monoisotopic (exact) mass is 224 g/mol. The second-order valence-corrected chi connectivity index (χ2v) is 3.80. The van der Waals surface area contributed by atoms with E-state index in [1.165, 1.54) is 0 Å². The number of rotatable bonds is 6. The summed E-state index contributed by atoms with van der Waals surface area (Å²) in [5, 5.41) is 11.9. The topological polar surface area (TPSA) is 54.4 Å². The van der Waals surface area contributed by atoms with Gasteiger partial charge in [0.2, 0.25) is 0 Å². The highest BCUT2D eigenvalue weighted by molar-refractivity contribution is 5.40. The highest BCUT2D eigenvalue weighted by Gasteiger charge is 2.08. The van der Waals surface area contributed by atoms with Gasteiger partial charge in [-0.15, -0.1) is 0 Å². The lowest BCUT2D eigenvalue weighted by Crippen LogP contribution is -2.17. The van der Waals surface area contributed by atoms with Crippen molar-refractivity contribution in [1.82, 2.24) is 10.3 Å². The lowest BCUT2D eigenvalue weighted by atomic mass is 10.1.